The predicted molar refractivity (Wildman–Crippen MR) is 91.8 cm³/mol. The van der Waals surface area contributed by atoms with Gasteiger partial charge in [0.2, 0.25) is 5.96 Å². The zero-order valence-electron chi connectivity index (χ0n) is 13.4. The minimum Gasteiger partial charge on any atom is -0.493 e. The molecule has 1 aliphatic heterocycles. The maximum atomic E-state index is 5.84. The maximum absolute atomic E-state index is 5.84. The number of nitrogens with zero attached hydrogens (tertiary/aromatic N) is 3. The third-order valence-electron chi connectivity index (χ3n) is 3.52. The summed E-state index contributed by atoms with van der Waals surface area (Å²) in [6, 6.07) is 7.68. The molecule has 1 saturated heterocycles. The van der Waals surface area contributed by atoms with E-state index in [4.69, 9.17) is 20.9 Å². The number of unbranched alkanes of at least 4 members (excludes halogenated alkanes) is 1. The highest BCUT2D eigenvalue weighted by molar-refractivity contribution is 5.84. The fourth-order valence-electron chi connectivity index (χ4n) is 2.32. The summed E-state index contributed by atoms with van der Waals surface area (Å²) < 4.78 is 11.2. The van der Waals surface area contributed by atoms with E-state index in [0.717, 1.165) is 57.0 Å². The maximum Gasteiger partial charge on any atom is 0.211 e. The Morgan fingerprint density at radius 2 is 2.00 bits per heavy atom. The molecule has 4 N–H and O–H groups in total. The largest absolute Gasteiger partial charge is 0.493 e. The lowest BCUT2D eigenvalue weighted by atomic mass is 10.2. The van der Waals surface area contributed by atoms with Gasteiger partial charge in [-0.15, -0.1) is 5.10 Å². The molecule has 0 unspecified atom stereocenters. The van der Waals surface area contributed by atoms with Crippen molar-refractivity contribution in [1.29, 1.82) is 0 Å². The molecule has 7 heteroatoms. The van der Waals surface area contributed by atoms with Gasteiger partial charge in [-0.3, -0.25) is 4.90 Å². The molecule has 0 saturated carbocycles. The second kappa shape index (κ2) is 9.81. The van der Waals surface area contributed by atoms with Crippen LogP contribution in [0.3, 0.4) is 0 Å². The number of morpholine rings is 1. The van der Waals surface area contributed by atoms with Crippen LogP contribution in [0.1, 0.15) is 18.4 Å². The van der Waals surface area contributed by atoms with Gasteiger partial charge in [0.25, 0.3) is 0 Å². The summed E-state index contributed by atoms with van der Waals surface area (Å²) in [5.41, 5.74) is 11.3. The normalized spacial score (nSPS) is 15.7. The van der Waals surface area contributed by atoms with E-state index in [9.17, 15) is 0 Å². The van der Waals surface area contributed by atoms with Crippen LogP contribution in [0, 0.1) is 0 Å². The van der Waals surface area contributed by atoms with Gasteiger partial charge >= 0.3 is 0 Å². The van der Waals surface area contributed by atoms with E-state index in [1.54, 1.807) is 6.21 Å². The van der Waals surface area contributed by atoms with Crippen molar-refractivity contribution in [2.24, 2.45) is 21.7 Å². The molecular weight excluding hydrogens is 294 g/mol. The summed E-state index contributed by atoms with van der Waals surface area (Å²) in [6.07, 6.45) is 3.71. The molecule has 0 bridgehead atoms. The highest BCUT2D eigenvalue weighted by atomic mass is 16.5. The molecule has 0 amide bonds. The first-order valence-corrected chi connectivity index (χ1v) is 7.89. The summed E-state index contributed by atoms with van der Waals surface area (Å²) >= 11 is 0. The number of benzene rings is 1. The lowest BCUT2D eigenvalue weighted by Crippen LogP contribution is -2.36. The molecule has 126 valence electrons. The van der Waals surface area contributed by atoms with Gasteiger partial charge in [0.15, 0.2) is 0 Å². The molecule has 0 spiro atoms. The van der Waals surface area contributed by atoms with Gasteiger partial charge in [0, 0.05) is 18.7 Å². The van der Waals surface area contributed by atoms with Gasteiger partial charge < -0.3 is 20.9 Å². The second-order valence-corrected chi connectivity index (χ2v) is 5.32. The van der Waals surface area contributed by atoms with Crippen molar-refractivity contribution in [3.63, 3.8) is 0 Å². The molecule has 1 aromatic rings. The van der Waals surface area contributed by atoms with Gasteiger partial charge in [-0.1, -0.05) is 12.1 Å². The number of hydrogen-bond acceptors (Lipinski definition) is 5. The monoisotopic (exact) mass is 319 g/mol. The summed E-state index contributed by atoms with van der Waals surface area (Å²) in [7, 11) is 0. The molecule has 0 aliphatic carbocycles. The second-order valence-electron chi connectivity index (χ2n) is 5.32. The van der Waals surface area contributed by atoms with Crippen LogP contribution >= 0.6 is 0 Å². The highest BCUT2D eigenvalue weighted by Crippen LogP contribution is 2.16. The molecule has 1 aliphatic rings. The van der Waals surface area contributed by atoms with Crippen LogP contribution in [0.25, 0.3) is 0 Å². The molecule has 0 atom stereocenters. The Bertz CT molecular complexity index is 523. The standard InChI is InChI=1S/C16H25N5O2/c17-16(18)20-19-13-14-5-1-2-6-15(14)23-10-4-3-7-21-8-11-22-12-9-21/h1-2,5-6,13H,3-4,7-12H2,(H4,17,18,20). The van der Waals surface area contributed by atoms with Crippen molar-refractivity contribution < 1.29 is 9.47 Å². The highest BCUT2D eigenvalue weighted by Gasteiger charge is 2.09. The summed E-state index contributed by atoms with van der Waals surface area (Å²) in [5, 5.41) is 7.41. The number of ether oxygens (including phenoxy) is 2. The Hall–Kier alpha value is -2.12. The van der Waals surface area contributed by atoms with Gasteiger partial charge in [-0.25, -0.2) is 0 Å². The molecule has 0 aromatic heterocycles. The first-order valence-electron chi connectivity index (χ1n) is 7.89. The zero-order valence-corrected chi connectivity index (χ0v) is 13.4. The summed E-state index contributed by atoms with van der Waals surface area (Å²) in [5.74, 6) is 0.719. The molecule has 2 rings (SSSR count). The number of para-hydroxylation sites is 1. The SMILES string of the molecule is NC(N)=NN=Cc1ccccc1OCCCCN1CCOCC1. The Morgan fingerprint density at radius 3 is 2.78 bits per heavy atom. The number of hydrogen-bond donors (Lipinski definition) is 2. The van der Waals surface area contributed by atoms with E-state index in [1.807, 2.05) is 24.3 Å². The topological polar surface area (TPSA) is 98.5 Å². The lowest BCUT2D eigenvalue weighted by Gasteiger charge is -2.26. The Balaban J connectivity index is 1.72. The Labute approximate surface area is 137 Å². The average Bonchev–Trinajstić information content (AvgIpc) is 2.56. The van der Waals surface area contributed by atoms with Crippen LogP contribution in [-0.4, -0.2) is 56.5 Å². The molecular formula is C16H25N5O2. The van der Waals surface area contributed by atoms with Crippen molar-refractivity contribution >= 4 is 12.2 Å². The summed E-state index contributed by atoms with van der Waals surface area (Å²) in [4.78, 5) is 2.43. The molecule has 1 fully saturated rings. The third kappa shape index (κ3) is 6.66. The van der Waals surface area contributed by atoms with E-state index in [-0.39, 0.29) is 5.96 Å². The van der Waals surface area contributed by atoms with E-state index in [2.05, 4.69) is 15.1 Å². The Morgan fingerprint density at radius 1 is 1.22 bits per heavy atom. The average molecular weight is 319 g/mol. The van der Waals surface area contributed by atoms with Gasteiger partial charge in [-0.2, -0.15) is 5.10 Å². The summed E-state index contributed by atoms with van der Waals surface area (Å²) in [6.45, 7) is 5.53. The first kappa shape index (κ1) is 17.2. The zero-order chi connectivity index (χ0) is 16.3. The molecule has 7 nitrogen and oxygen atoms in total. The van der Waals surface area contributed by atoms with Crippen molar-refractivity contribution in [3.05, 3.63) is 29.8 Å². The van der Waals surface area contributed by atoms with Crippen LogP contribution < -0.4 is 16.2 Å². The van der Waals surface area contributed by atoms with E-state index < -0.39 is 0 Å². The van der Waals surface area contributed by atoms with Crippen LogP contribution in [0.15, 0.2) is 34.5 Å². The van der Waals surface area contributed by atoms with Crippen LogP contribution in [0.4, 0.5) is 0 Å². The minimum atomic E-state index is -0.0669. The van der Waals surface area contributed by atoms with Crippen molar-refractivity contribution in [2.75, 3.05) is 39.5 Å². The van der Waals surface area contributed by atoms with E-state index in [1.165, 1.54) is 0 Å². The third-order valence-corrected chi connectivity index (χ3v) is 3.52. The molecule has 1 heterocycles. The molecule has 23 heavy (non-hydrogen) atoms. The fraction of sp³-hybridized carbons (Fsp3) is 0.500. The van der Waals surface area contributed by atoms with E-state index in [0.29, 0.717) is 6.61 Å². The Kier molecular flexibility index (Phi) is 7.35. The van der Waals surface area contributed by atoms with Crippen molar-refractivity contribution in [3.8, 4) is 5.75 Å². The number of nitrogens with two attached hydrogens (primary N) is 2. The van der Waals surface area contributed by atoms with Gasteiger partial charge in [0.1, 0.15) is 5.75 Å². The van der Waals surface area contributed by atoms with Crippen molar-refractivity contribution in [2.45, 2.75) is 12.8 Å². The van der Waals surface area contributed by atoms with Crippen LogP contribution in [-0.2, 0) is 4.74 Å². The lowest BCUT2D eigenvalue weighted by molar-refractivity contribution is 0.0368. The van der Waals surface area contributed by atoms with E-state index >= 15 is 0 Å². The minimum absolute atomic E-state index is 0.0669. The fourth-order valence-corrected chi connectivity index (χ4v) is 2.32. The first-order chi connectivity index (χ1) is 11.3. The molecule has 1 aromatic carbocycles. The van der Waals surface area contributed by atoms with Crippen LogP contribution in [0.5, 0.6) is 5.75 Å². The van der Waals surface area contributed by atoms with Gasteiger partial charge in [-0.05, 0) is 31.5 Å². The van der Waals surface area contributed by atoms with Crippen molar-refractivity contribution in [1.82, 2.24) is 4.90 Å². The smallest absolute Gasteiger partial charge is 0.211 e. The molecule has 0 radical (unpaired) electrons. The van der Waals surface area contributed by atoms with Gasteiger partial charge in [0.05, 0.1) is 26.0 Å². The number of rotatable bonds is 8. The quantitative estimate of drug-likeness (QED) is 0.319. The predicted octanol–water partition coefficient (Wildman–Crippen LogP) is 0.785. The van der Waals surface area contributed by atoms with Crippen LogP contribution in [0.2, 0.25) is 0 Å². The number of guanidine groups is 1.